The van der Waals surface area contributed by atoms with Gasteiger partial charge in [-0.2, -0.15) is 0 Å². The van der Waals surface area contributed by atoms with Crippen molar-refractivity contribution in [2.75, 3.05) is 5.32 Å². The molecule has 0 saturated heterocycles. The van der Waals surface area contributed by atoms with Crippen molar-refractivity contribution in [3.05, 3.63) is 95.0 Å². The highest BCUT2D eigenvalue weighted by Crippen LogP contribution is 2.33. The van der Waals surface area contributed by atoms with E-state index in [-0.39, 0.29) is 5.91 Å². The molecule has 2 atom stereocenters. The minimum atomic E-state index is -0.808. The average Bonchev–Trinajstić information content (AvgIpc) is 2.77. The number of para-hydroxylation sites is 1. The van der Waals surface area contributed by atoms with Gasteiger partial charge in [0, 0.05) is 10.7 Å². The van der Waals surface area contributed by atoms with Gasteiger partial charge in [0.25, 0.3) is 11.8 Å². The maximum absolute atomic E-state index is 13.2. The summed E-state index contributed by atoms with van der Waals surface area (Å²) in [6.45, 7) is 1.63. The van der Waals surface area contributed by atoms with Crippen LogP contribution in [-0.4, -0.2) is 22.9 Å². The van der Waals surface area contributed by atoms with Gasteiger partial charge in [-0.15, -0.1) is 0 Å². The monoisotopic (exact) mass is 421 g/mol. The van der Waals surface area contributed by atoms with Gasteiger partial charge < -0.3 is 10.1 Å². The number of nitrogens with zero attached hydrogens (tertiary/aromatic N) is 1. The topological polar surface area (TPSA) is 70.7 Å². The second kappa shape index (κ2) is 8.47. The Kier molecular flexibility index (Phi) is 5.59. The molecule has 0 saturated carbocycles. The number of halogens is 1. The Balaban J connectivity index is 1.61. The van der Waals surface area contributed by atoms with E-state index in [1.807, 2.05) is 48.5 Å². The lowest BCUT2D eigenvalue weighted by atomic mass is 10.0. The number of benzene rings is 3. The highest BCUT2D eigenvalue weighted by atomic mass is 35.5. The number of fused-ring (bicyclic) bond motifs is 1. The van der Waals surface area contributed by atoms with Gasteiger partial charge >= 0.3 is 0 Å². The van der Waals surface area contributed by atoms with E-state index in [1.165, 1.54) is 5.01 Å². The lowest BCUT2D eigenvalue weighted by Gasteiger charge is -2.38. The van der Waals surface area contributed by atoms with E-state index in [0.29, 0.717) is 22.0 Å². The van der Waals surface area contributed by atoms with Crippen molar-refractivity contribution in [3.63, 3.8) is 0 Å². The molecule has 1 heterocycles. The van der Waals surface area contributed by atoms with Gasteiger partial charge in [-0.1, -0.05) is 60.1 Å². The lowest BCUT2D eigenvalue weighted by molar-refractivity contribution is -0.132. The number of hydrogen-bond donors (Lipinski definition) is 2. The van der Waals surface area contributed by atoms with Crippen molar-refractivity contribution >= 4 is 29.1 Å². The number of hydrogen-bond acceptors (Lipinski definition) is 4. The average molecular weight is 422 g/mol. The van der Waals surface area contributed by atoms with Crippen molar-refractivity contribution < 1.29 is 14.3 Å². The van der Waals surface area contributed by atoms with Crippen molar-refractivity contribution in [1.82, 2.24) is 10.4 Å². The maximum atomic E-state index is 13.2. The van der Waals surface area contributed by atoms with Gasteiger partial charge in [0.05, 0.1) is 5.56 Å². The summed E-state index contributed by atoms with van der Waals surface area (Å²) in [4.78, 5) is 26.1. The summed E-state index contributed by atoms with van der Waals surface area (Å²) in [5.41, 5.74) is 4.57. The Morgan fingerprint density at radius 3 is 2.43 bits per heavy atom. The summed E-state index contributed by atoms with van der Waals surface area (Å²) >= 11 is 6.08. The third-order valence-corrected chi connectivity index (χ3v) is 4.99. The summed E-state index contributed by atoms with van der Waals surface area (Å²) < 4.78 is 5.69. The van der Waals surface area contributed by atoms with E-state index in [4.69, 9.17) is 16.3 Å². The summed E-state index contributed by atoms with van der Waals surface area (Å²) in [5.74, 6) is -0.235. The largest absolute Gasteiger partial charge is 0.481 e. The zero-order valence-electron chi connectivity index (χ0n) is 16.2. The van der Waals surface area contributed by atoms with Crippen molar-refractivity contribution in [1.29, 1.82) is 0 Å². The van der Waals surface area contributed by atoms with Crippen LogP contribution in [0.15, 0.2) is 78.9 Å². The number of carbonyl (C=O) groups is 2. The molecule has 0 bridgehead atoms. The van der Waals surface area contributed by atoms with Gasteiger partial charge in [-0.05, 0) is 42.8 Å². The molecule has 2 unspecified atom stereocenters. The standard InChI is InChI=1S/C23H20ClN3O3/c1-15(30-18-10-6-3-7-11-18)22(28)26-27-21(16-8-4-2-5-9-16)25-20-13-12-17(24)14-19(20)23(27)29/h2-15,21,25H,1H3,(H,26,28). The molecule has 152 valence electrons. The summed E-state index contributed by atoms with van der Waals surface area (Å²) in [6, 6.07) is 23.5. The first kappa shape index (κ1) is 19.8. The summed E-state index contributed by atoms with van der Waals surface area (Å²) in [6.07, 6.45) is -1.39. The van der Waals surface area contributed by atoms with E-state index < -0.39 is 18.2 Å². The molecule has 3 aromatic carbocycles. The van der Waals surface area contributed by atoms with Crippen LogP contribution in [0.5, 0.6) is 5.75 Å². The van der Waals surface area contributed by atoms with E-state index in [9.17, 15) is 9.59 Å². The maximum Gasteiger partial charge on any atom is 0.279 e. The molecule has 2 amide bonds. The van der Waals surface area contributed by atoms with E-state index in [0.717, 1.165) is 5.56 Å². The molecule has 0 spiro atoms. The fraction of sp³-hybridized carbons (Fsp3) is 0.130. The van der Waals surface area contributed by atoms with Gasteiger partial charge in [0.2, 0.25) is 0 Å². The van der Waals surface area contributed by atoms with Crippen LogP contribution in [0.1, 0.15) is 29.0 Å². The highest BCUT2D eigenvalue weighted by molar-refractivity contribution is 6.31. The first-order valence-electron chi connectivity index (χ1n) is 9.50. The number of amides is 2. The van der Waals surface area contributed by atoms with Crippen molar-refractivity contribution in [2.45, 2.75) is 19.2 Å². The highest BCUT2D eigenvalue weighted by Gasteiger charge is 2.35. The number of anilines is 1. The fourth-order valence-electron chi connectivity index (χ4n) is 3.23. The fourth-order valence-corrected chi connectivity index (χ4v) is 3.40. The quantitative estimate of drug-likeness (QED) is 0.640. The normalized spacial score (nSPS) is 16.3. The minimum absolute atomic E-state index is 0.361. The molecule has 2 N–H and O–H groups in total. The number of nitrogens with one attached hydrogen (secondary N) is 2. The molecule has 0 radical (unpaired) electrons. The lowest BCUT2D eigenvalue weighted by Crippen LogP contribution is -2.55. The first-order chi connectivity index (χ1) is 14.5. The Morgan fingerprint density at radius 2 is 1.73 bits per heavy atom. The number of ether oxygens (including phenoxy) is 1. The van der Waals surface area contributed by atoms with Crippen LogP contribution in [0, 0.1) is 0 Å². The van der Waals surface area contributed by atoms with Crippen LogP contribution in [0.25, 0.3) is 0 Å². The van der Waals surface area contributed by atoms with Crippen molar-refractivity contribution in [2.24, 2.45) is 0 Å². The SMILES string of the molecule is CC(Oc1ccccc1)C(=O)NN1C(=O)c2cc(Cl)ccc2NC1c1ccccc1. The van der Waals surface area contributed by atoms with Crippen molar-refractivity contribution in [3.8, 4) is 5.75 Å². The summed E-state index contributed by atoms with van der Waals surface area (Å²) in [5, 5.41) is 5.02. The predicted molar refractivity (Wildman–Crippen MR) is 115 cm³/mol. The molecule has 1 aliphatic rings. The van der Waals surface area contributed by atoms with E-state index >= 15 is 0 Å². The third kappa shape index (κ3) is 4.09. The van der Waals surface area contributed by atoms with Crippen LogP contribution in [0.3, 0.4) is 0 Å². The van der Waals surface area contributed by atoms with Gasteiger partial charge in [0.1, 0.15) is 11.9 Å². The third-order valence-electron chi connectivity index (χ3n) is 4.75. The van der Waals surface area contributed by atoms with Crippen LogP contribution < -0.4 is 15.5 Å². The molecule has 30 heavy (non-hydrogen) atoms. The predicted octanol–water partition coefficient (Wildman–Crippen LogP) is 4.41. The van der Waals surface area contributed by atoms with Gasteiger partial charge in [0.15, 0.2) is 6.10 Å². The Bertz CT molecular complexity index is 1060. The second-order valence-corrected chi connectivity index (χ2v) is 7.31. The first-order valence-corrected chi connectivity index (χ1v) is 9.87. The van der Waals surface area contributed by atoms with Gasteiger partial charge in [-0.3, -0.25) is 15.0 Å². The second-order valence-electron chi connectivity index (χ2n) is 6.87. The molecule has 0 aliphatic carbocycles. The van der Waals surface area contributed by atoms with E-state index in [2.05, 4.69) is 10.7 Å². The Hall–Kier alpha value is -3.51. The molecular weight excluding hydrogens is 402 g/mol. The van der Waals surface area contributed by atoms with Crippen LogP contribution in [-0.2, 0) is 4.79 Å². The Labute approximate surface area is 179 Å². The van der Waals surface area contributed by atoms with Crippen LogP contribution in [0.2, 0.25) is 5.02 Å². The molecule has 7 heteroatoms. The van der Waals surface area contributed by atoms with E-state index in [1.54, 1.807) is 37.3 Å². The molecular formula is C23H20ClN3O3. The molecule has 4 rings (SSSR count). The molecule has 0 aromatic heterocycles. The summed E-state index contributed by atoms with van der Waals surface area (Å²) in [7, 11) is 0. The molecule has 1 aliphatic heterocycles. The zero-order valence-corrected chi connectivity index (χ0v) is 17.0. The molecule has 3 aromatic rings. The van der Waals surface area contributed by atoms with Crippen LogP contribution in [0.4, 0.5) is 5.69 Å². The number of rotatable bonds is 5. The number of hydrazine groups is 1. The minimum Gasteiger partial charge on any atom is -0.481 e. The van der Waals surface area contributed by atoms with Gasteiger partial charge in [-0.25, -0.2) is 5.01 Å². The number of carbonyl (C=O) groups excluding carboxylic acids is 2. The zero-order chi connectivity index (χ0) is 21.1. The smallest absolute Gasteiger partial charge is 0.279 e. The van der Waals surface area contributed by atoms with Crippen LogP contribution >= 0.6 is 11.6 Å². The molecule has 6 nitrogen and oxygen atoms in total. The molecule has 0 fully saturated rings. The Morgan fingerprint density at radius 1 is 1.07 bits per heavy atom.